The van der Waals surface area contributed by atoms with Crippen LogP contribution in [-0.2, 0) is 26.6 Å². The number of benzene rings is 1. The Hall–Kier alpha value is -2.21. The third-order valence-electron chi connectivity index (χ3n) is 4.17. The minimum absolute atomic E-state index is 0.0639. The van der Waals surface area contributed by atoms with Gasteiger partial charge < -0.3 is 9.80 Å². The molecule has 0 bridgehead atoms. The van der Waals surface area contributed by atoms with Crippen molar-refractivity contribution in [2.24, 2.45) is 7.05 Å². The average molecular weight is 316 g/mol. The molecular weight excluding hydrogens is 295 g/mol. The molecule has 1 aliphatic heterocycles. The van der Waals surface area contributed by atoms with E-state index in [0.717, 1.165) is 24.4 Å². The molecule has 0 N–H and O–H groups in total. The zero-order valence-corrected chi connectivity index (χ0v) is 13.7. The number of halogens is 1. The molecule has 0 unspecified atom stereocenters. The number of fused-ring (bicyclic) bond motifs is 1. The Kier molecular flexibility index (Phi) is 4.17. The van der Waals surface area contributed by atoms with E-state index < -0.39 is 0 Å². The highest BCUT2D eigenvalue weighted by Crippen LogP contribution is 2.24. The first kappa shape index (κ1) is 15.7. The van der Waals surface area contributed by atoms with Crippen LogP contribution in [0.2, 0.25) is 0 Å². The molecule has 1 aliphatic rings. The van der Waals surface area contributed by atoms with Gasteiger partial charge in [0.05, 0.1) is 17.9 Å². The number of hydrogen-bond acceptors (Lipinski definition) is 3. The number of rotatable bonds is 3. The second-order valence-corrected chi connectivity index (χ2v) is 6.22. The predicted molar refractivity (Wildman–Crippen MR) is 85.4 cm³/mol. The molecule has 0 spiro atoms. The Morgan fingerprint density at radius 3 is 2.65 bits per heavy atom. The number of carbonyl (C=O) groups excluding carboxylic acids is 1. The highest BCUT2D eigenvalue weighted by atomic mass is 19.1. The molecule has 6 heteroatoms. The number of amides is 1. The molecule has 0 radical (unpaired) electrons. The van der Waals surface area contributed by atoms with Gasteiger partial charge in [0.15, 0.2) is 0 Å². The summed E-state index contributed by atoms with van der Waals surface area (Å²) >= 11 is 0. The lowest BCUT2D eigenvalue weighted by Crippen LogP contribution is -2.36. The van der Waals surface area contributed by atoms with E-state index >= 15 is 0 Å². The minimum atomic E-state index is -0.331. The van der Waals surface area contributed by atoms with Crippen molar-refractivity contribution in [3.8, 4) is 0 Å². The number of aromatic nitrogens is 2. The molecule has 5 nitrogen and oxygen atoms in total. The predicted octanol–water partition coefficient (Wildman–Crippen LogP) is 1.82. The molecule has 2 aromatic rings. The fraction of sp³-hybridized carbons (Fsp3) is 0.412. The van der Waals surface area contributed by atoms with Gasteiger partial charge in [-0.25, -0.2) is 4.39 Å². The molecule has 3 rings (SSSR count). The van der Waals surface area contributed by atoms with Crippen molar-refractivity contribution >= 4 is 5.91 Å². The number of aryl methyl sites for hydroxylation is 1. The monoisotopic (exact) mass is 316 g/mol. The SMILES string of the molecule is CN(C)Cc1nn(C)c2c1CCN(C(=O)c1ccc(F)cc1)C2. The normalized spacial score (nSPS) is 14.2. The lowest BCUT2D eigenvalue weighted by Gasteiger charge is -2.28. The Morgan fingerprint density at radius 2 is 2.00 bits per heavy atom. The van der Waals surface area contributed by atoms with Crippen LogP contribution >= 0.6 is 0 Å². The van der Waals surface area contributed by atoms with Crippen molar-refractivity contribution < 1.29 is 9.18 Å². The van der Waals surface area contributed by atoms with Crippen LogP contribution in [-0.4, -0.2) is 46.1 Å². The van der Waals surface area contributed by atoms with E-state index in [9.17, 15) is 9.18 Å². The van der Waals surface area contributed by atoms with E-state index in [1.807, 2.05) is 25.8 Å². The zero-order valence-electron chi connectivity index (χ0n) is 13.7. The summed E-state index contributed by atoms with van der Waals surface area (Å²) in [6, 6.07) is 5.71. The van der Waals surface area contributed by atoms with Gasteiger partial charge in [-0.3, -0.25) is 9.48 Å². The summed E-state index contributed by atoms with van der Waals surface area (Å²) in [7, 11) is 5.96. The maximum absolute atomic E-state index is 13.0. The third-order valence-corrected chi connectivity index (χ3v) is 4.17. The van der Waals surface area contributed by atoms with E-state index in [1.54, 1.807) is 4.90 Å². The summed E-state index contributed by atoms with van der Waals surface area (Å²) in [6.45, 7) is 2.01. The van der Waals surface area contributed by atoms with Gasteiger partial charge in [0.2, 0.25) is 0 Å². The van der Waals surface area contributed by atoms with Crippen molar-refractivity contribution in [2.45, 2.75) is 19.5 Å². The van der Waals surface area contributed by atoms with Gasteiger partial charge in [0.25, 0.3) is 5.91 Å². The van der Waals surface area contributed by atoms with Crippen molar-refractivity contribution in [2.75, 3.05) is 20.6 Å². The summed E-state index contributed by atoms with van der Waals surface area (Å²) in [5.41, 5.74) is 3.94. The van der Waals surface area contributed by atoms with Crippen molar-refractivity contribution in [1.29, 1.82) is 0 Å². The first-order valence-corrected chi connectivity index (χ1v) is 7.69. The third kappa shape index (κ3) is 3.12. The van der Waals surface area contributed by atoms with Crippen LogP contribution in [0.15, 0.2) is 24.3 Å². The highest BCUT2D eigenvalue weighted by Gasteiger charge is 2.27. The lowest BCUT2D eigenvalue weighted by atomic mass is 10.0. The van der Waals surface area contributed by atoms with Crippen LogP contribution in [0.3, 0.4) is 0 Å². The van der Waals surface area contributed by atoms with Crippen LogP contribution in [0.25, 0.3) is 0 Å². The lowest BCUT2D eigenvalue weighted by molar-refractivity contribution is 0.0730. The van der Waals surface area contributed by atoms with Crippen molar-refractivity contribution in [1.82, 2.24) is 19.6 Å². The standard InChI is InChI=1S/C17H21FN4O/c1-20(2)10-15-14-8-9-22(11-16(14)21(3)19-15)17(23)12-4-6-13(18)7-5-12/h4-7H,8-11H2,1-3H3. The molecule has 0 fully saturated rings. The van der Waals surface area contributed by atoms with E-state index in [2.05, 4.69) is 10.00 Å². The molecule has 0 aliphatic carbocycles. The van der Waals surface area contributed by atoms with Crippen LogP contribution in [0.1, 0.15) is 27.3 Å². The fourth-order valence-corrected chi connectivity index (χ4v) is 3.03. The van der Waals surface area contributed by atoms with Crippen molar-refractivity contribution in [3.63, 3.8) is 0 Å². The van der Waals surface area contributed by atoms with Gasteiger partial charge in [0.1, 0.15) is 5.82 Å². The van der Waals surface area contributed by atoms with Gasteiger partial charge in [-0.2, -0.15) is 5.10 Å². The molecule has 0 saturated heterocycles. The molecule has 1 aromatic heterocycles. The van der Waals surface area contributed by atoms with E-state index in [0.29, 0.717) is 18.7 Å². The number of nitrogens with zero attached hydrogens (tertiary/aromatic N) is 4. The van der Waals surface area contributed by atoms with Gasteiger partial charge in [-0.1, -0.05) is 0 Å². The molecular formula is C17H21FN4O. The van der Waals surface area contributed by atoms with Crippen molar-refractivity contribution in [3.05, 3.63) is 52.6 Å². The second-order valence-electron chi connectivity index (χ2n) is 6.22. The Bertz CT molecular complexity index is 721. The van der Waals surface area contributed by atoms with Crippen LogP contribution in [0.4, 0.5) is 4.39 Å². The fourth-order valence-electron chi connectivity index (χ4n) is 3.03. The number of carbonyl (C=O) groups is 1. The molecule has 23 heavy (non-hydrogen) atoms. The van der Waals surface area contributed by atoms with Gasteiger partial charge in [-0.05, 0) is 44.8 Å². The van der Waals surface area contributed by atoms with Crippen LogP contribution < -0.4 is 0 Å². The molecule has 122 valence electrons. The smallest absolute Gasteiger partial charge is 0.254 e. The molecule has 1 amide bonds. The van der Waals surface area contributed by atoms with E-state index in [1.165, 1.54) is 29.8 Å². The zero-order chi connectivity index (χ0) is 16.6. The Morgan fingerprint density at radius 1 is 1.30 bits per heavy atom. The second kappa shape index (κ2) is 6.12. The topological polar surface area (TPSA) is 41.4 Å². The summed E-state index contributed by atoms with van der Waals surface area (Å²) in [6.07, 6.45) is 0.805. The molecule has 0 saturated carbocycles. The van der Waals surface area contributed by atoms with Crippen LogP contribution in [0, 0.1) is 5.82 Å². The molecule has 1 aromatic carbocycles. The Labute approximate surface area is 135 Å². The first-order valence-electron chi connectivity index (χ1n) is 7.69. The first-order chi connectivity index (χ1) is 11.0. The Balaban J connectivity index is 1.81. The van der Waals surface area contributed by atoms with Gasteiger partial charge >= 0.3 is 0 Å². The molecule has 2 heterocycles. The van der Waals surface area contributed by atoms with Crippen LogP contribution in [0.5, 0.6) is 0 Å². The maximum Gasteiger partial charge on any atom is 0.254 e. The van der Waals surface area contributed by atoms with Gasteiger partial charge in [-0.15, -0.1) is 0 Å². The summed E-state index contributed by atoms with van der Waals surface area (Å²) in [4.78, 5) is 16.5. The summed E-state index contributed by atoms with van der Waals surface area (Å²) in [5, 5.41) is 4.60. The quantitative estimate of drug-likeness (QED) is 0.867. The molecule has 0 atom stereocenters. The largest absolute Gasteiger partial charge is 0.332 e. The minimum Gasteiger partial charge on any atom is -0.332 e. The average Bonchev–Trinajstić information content (AvgIpc) is 2.82. The van der Waals surface area contributed by atoms with Gasteiger partial charge in [0, 0.05) is 31.3 Å². The number of hydrogen-bond donors (Lipinski definition) is 0. The summed E-state index contributed by atoms with van der Waals surface area (Å²) < 4.78 is 14.9. The van der Waals surface area contributed by atoms with E-state index in [-0.39, 0.29) is 11.7 Å². The highest BCUT2D eigenvalue weighted by molar-refractivity contribution is 5.94. The van der Waals surface area contributed by atoms with E-state index in [4.69, 9.17) is 0 Å². The summed E-state index contributed by atoms with van der Waals surface area (Å²) in [5.74, 6) is -0.395. The maximum atomic E-state index is 13.0.